The Morgan fingerprint density at radius 1 is 1.14 bits per heavy atom. The number of aromatic nitrogens is 1. The van der Waals surface area contributed by atoms with Gasteiger partial charge < -0.3 is 15.0 Å². The second-order valence-corrected chi connectivity index (χ2v) is 5.95. The maximum Gasteiger partial charge on any atom is 0.119 e. The van der Waals surface area contributed by atoms with Gasteiger partial charge in [0.25, 0.3) is 0 Å². The Morgan fingerprint density at radius 3 is 2.62 bits per heavy atom. The molecule has 1 aliphatic heterocycles. The molecule has 1 aliphatic rings. The van der Waals surface area contributed by atoms with Crippen LogP contribution in [0.2, 0.25) is 0 Å². The van der Waals surface area contributed by atoms with Crippen LogP contribution in [0, 0.1) is 0 Å². The molecule has 1 aromatic carbocycles. The van der Waals surface area contributed by atoms with Crippen molar-refractivity contribution in [2.24, 2.45) is 0 Å². The fraction of sp³-hybridized carbons (Fsp3) is 0.312. The summed E-state index contributed by atoms with van der Waals surface area (Å²) >= 11 is 3.41. The zero-order chi connectivity index (χ0) is 14.5. The number of hydrogen-bond donors (Lipinski definition) is 1. The van der Waals surface area contributed by atoms with Crippen LogP contribution >= 0.6 is 15.9 Å². The lowest BCUT2D eigenvalue weighted by atomic mass is 10.2. The van der Waals surface area contributed by atoms with E-state index < -0.39 is 0 Å². The monoisotopic (exact) mass is 347 g/mol. The molecule has 0 aliphatic carbocycles. The number of nitrogens with one attached hydrogen (secondary N) is 1. The second-order valence-electron chi connectivity index (χ2n) is 5.03. The standard InChI is InChI=1S/C16H18BrN3O/c17-14-9-13(10-19-11-14)12-21-16-3-1-15(2-4-16)20-7-5-18-6-8-20/h1-4,9-11,18H,5-8,12H2. The van der Waals surface area contributed by atoms with Gasteiger partial charge in [0, 0.05) is 54.3 Å². The second kappa shape index (κ2) is 6.91. The summed E-state index contributed by atoms with van der Waals surface area (Å²) in [4.78, 5) is 6.52. The molecule has 2 aromatic rings. The highest BCUT2D eigenvalue weighted by Gasteiger charge is 2.10. The normalized spacial score (nSPS) is 15.0. The number of hydrogen-bond acceptors (Lipinski definition) is 4. The van der Waals surface area contributed by atoms with Gasteiger partial charge in [0.05, 0.1) is 0 Å². The van der Waals surface area contributed by atoms with Gasteiger partial charge in [-0.2, -0.15) is 0 Å². The Bertz CT molecular complexity index is 582. The van der Waals surface area contributed by atoms with E-state index in [1.807, 2.05) is 24.4 Å². The predicted octanol–water partition coefficient (Wildman–Crippen LogP) is 2.83. The lowest BCUT2D eigenvalue weighted by Crippen LogP contribution is -2.43. The van der Waals surface area contributed by atoms with Gasteiger partial charge in [-0.25, -0.2) is 0 Å². The van der Waals surface area contributed by atoms with Crippen molar-refractivity contribution in [2.45, 2.75) is 6.61 Å². The topological polar surface area (TPSA) is 37.4 Å². The van der Waals surface area contributed by atoms with E-state index in [0.717, 1.165) is 42.0 Å². The number of piperazine rings is 1. The molecular weight excluding hydrogens is 330 g/mol. The van der Waals surface area contributed by atoms with E-state index in [2.05, 4.69) is 43.3 Å². The molecule has 0 unspecified atom stereocenters. The highest BCUT2D eigenvalue weighted by atomic mass is 79.9. The zero-order valence-electron chi connectivity index (χ0n) is 11.8. The molecule has 1 saturated heterocycles. The third-order valence-corrected chi connectivity index (χ3v) is 3.92. The van der Waals surface area contributed by atoms with Gasteiger partial charge in [-0.1, -0.05) is 0 Å². The van der Waals surface area contributed by atoms with E-state index in [0.29, 0.717) is 6.61 Å². The van der Waals surface area contributed by atoms with E-state index in [4.69, 9.17) is 4.74 Å². The molecule has 1 fully saturated rings. The Kier molecular flexibility index (Phi) is 4.72. The van der Waals surface area contributed by atoms with Gasteiger partial charge in [0.2, 0.25) is 0 Å². The first-order chi connectivity index (χ1) is 10.3. The molecule has 4 nitrogen and oxygen atoms in total. The maximum absolute atomic E-state index is 5.80. The van der Waals surface area contributed by atoms with Gasteiger partial charge in [0.1, 0.15) is 12.4 Å². The van der Waals surface area contributed by atoms with Crippen LogP contribution in [0.25, 0.3) is 0 Å². The highest BCUT2D eigenvalue weighted by Crippen LogP contribution is 2.21. The zero-order valence-corrected chi connectivity index (χ0v) is 13.3. The molecule has 0 amide bonds. The van der Waals surface area contributed by atoms with Crippen LogP contribution in [0.1, 0.15) is 5.56 Å². The van der Waals surface area contributed by atoms with Crippen LogP contribution in [0.15, 0.2) is 47.2 Å². The van der Waals surface area contributed by atoms with Crippen LogP contribution in [-0.2, 0) is 6.61 Å². The van der Waals surface area contributed by atoms with Crippen LogP contribution in [0.4, 0.5) is 5.69 Å². The minimum Gasteiger partial charge on any atom is -0.489 e. The van der Waals surface area contributed by atoms with E-state index >= 15 is 0 Å². The number of anilines is 1. The number of nitrogens with zero attached hydrogens (tertiary/aromatic N) is 2. The van der Waals surface area contributed by atoms with Crippen LogP contribution in [0.5, 0.6) is 5.75 Å². The summed E-state index contributed by atoms with van der Waals surface area (Å²) in [6, 6.07) is 10.3. The van der Waals surface area contributed by atoms with Crippen molar-refractivity contribution in [1.29, 1.82) is 0 Å². The summed E-state index contributed by atoms with van der Waals surface area (Å²) < 4.78 is 6.77. The van der Waals surface area contributed by atoms with E-state index in [1.54, 1.807) is 6.20 Å². The molecule has 0 radical (unpaired) electrons. The third-order valence-electron chi connectivity index (χ3n) is 3.49. The lowest BCUT2D eigenvalue weighted by molar-refractivity contribution is 0.305. The first kappa shape index (κ1) is 14.4. The Labute approximate surface area is 133 Å². The fourth-order valence-electron chi connectivity index (χ4n) is 2.38. The van der Waals surface area contributed by atoms with Crippen molar-refractivity contribution in [2.75, 3.05) is 31.1 Å². The lowest BCUT2D eigenvalue weighted by Gasteiger charge is -2.29. The van der Waals surface area contributed by atoms with Crippen molar-refractivity contribution in [3.8, 4) is 5.75 Å². The predicted molar refractivity (Wildman–Crippen MR) is 87.8 cm³/mol. The van der Waals surface area contributed by atoms with Gasteiger partial charge in [-0.15, -0.1) is 0 Å². The summed E-state index contributed by atoms with van der Waals surface area (Å²) in [5, 5.41) is 3.36. The van der Waals surface area contributed by atoms with Crippen LogP contribution in [0.3, 0.4) is 0 Å². The van der Waals surface area contributed by atoms with Gasteiger partial charge >= 0.3 is 0 Å². The third kappa shape index (κ3) is 3.95. The summed E-state index contributed by atoms with van der Waals surface area (Å²) in [5.74, 6) is 0.883. The SMILES string of the molecule is Brc1cncc(COc2ccc(N3CCNCC3)cc2)c1. The molecule has 1 aromatic heterocycles. The maximum atomic E-state index is 5.80. The number of rotatable bonds is 4. The summed E-state index contributed by atoms with van der Waals surface area (Å²) in [5.41, 5.74) is 2.31. The fourth-order valence-corrected chi connectivity index (χ4v) is 2.79. The van der Waals surface area contributed by atoms with E-state index in [9.17, 15) is 0 Å². The van der Waals surface area contributed by atoms with Crippen LogP contribution < -0.4 is 15.0 Å². The molecule has 0 spiro atoms. The van der Waals surface area contributed by atoms with Crippen LogP contribution in [-0.4, -0.2) is 31.2 Å². The first-order valence-electron chi connectivity index (χ1n) is 7.09. The number of benzene rings is 1. The van der Waals surface area contributed by atoms with Crippen molar-refractivity contribution >= 4 is 21.6 Å². The summed E-state index contributed by atoms with van der Waals surface area (Å²) in [6.45, 7) is 4.75. The van der Waals surface area contributed by atoms with Crippen molar-refractivity contribution in [3.63, 3.8) is 0 Å². The minimum absolute atomic E-state index is 0.527. The molecule has 1 N–H and O–H groups in total. The first-order valence-corrected chi connectivity index (χ1v) is 7.88. The van der Waals surface area contributed by atoms with Gasteiger partial charge in [-0.3, -0.25) is 4.98 Å². The average Bonchev–Trinajstić information content (AvgIpc) is 2.54. The van der Waals surface area contributed by atoms with Crippen molar-refractivity contribution in [3.05, 3.63) is 52.8 Å². The molecule has 110 valence electrons. The molecule has 0 saturated carbocycles. The summed E-state index contributed by atoms with van der Waals surface area (Å²) in [6.07, 6.45) is 3.59. The van der Waals surface area contributed by atoms with Crippen molar-refractivity contribution in [1.82, 2.24) is 10.3 Å². The minimum atomic E-state index is 0.527. The molecule has 2 heterocycles. The molecular formula is C16H18BrN3O. The van der Waals surface area contributed by atoms with E-state index in [-0.39, 0.29) is 0 Å². The quantitative estimate of drug-likeness (QED) is 0.922. The number of pyridine rings is 1. The molecule has 5 heteroatoms. The molecule has 3 rings (SSSR count). The van der Waals surface area contributed by atoms with E-state index in [1.165, 1.54) is 5.69 Å². The highest BCUT2D eigenvalue weighted by molar-refractivity contribution is 9.10. The average molecular weight is 348 g/mol. The number of halogens is 1. The summed E-state index contributed by atoms with van der Waals surface area (Å²) in [7, 11) is 0. The van der Waals surface area contributed by atoms with Gasteiger partial charge in [-0.05, 0) is 46.3 Å². The van der Waals surface area contributed by atoms with Gasteiger partial charge in [0.15, 0.2) is 0 Å². The molecule has 0 bridgehead atoms. The molecule has 0 atom stereocenters. The largest absolute Gasteiger partial charge is 0.489 e. The Hall–Kier alpha value is -1.59. The Balaban J connectivity index is 1.59. The Morgan fingerprint density at radius 2 is 1.90 bits per heavy atom. The van der Waals surface area contributed by atoms with Crippen molar-refractivity contribution < 1.29 is 4.74 Å². The molecule has 21 heavy (non-hydrogen) atoms. The smallest absolute Gasteiger partial charge is 0.119 e. The number of ether oxygens (including phenoxy) is 1.